The van der Waals surface area contributed by atoms with Crippen LogP contribution in [-0.4, -0.2) is 41.3 Å². The number of alkyl halides is 2. The summed E-state index contributed by atoms with van der Waals surface area (Å²) in [6.45, 7) is -0.645. The zero-order chi connectivity index (χ0) is 18.9. The number of amides is 1. The topological polar surface area (TPSA) is 73.3 Å². The van der Waals surface area contributed by atoms with Crippen LogP contribution in [0, 0.1) is 0 Å². The van der Waals surface area contributed by atoms with Crippen molar-refractivity contribution in [2.75, 3.05) is 18.6 Å². The average Bonchev–Trinajstić information content (AvgIpc) is 3.06. The Morgan fingerprint density at radius 2 is 2.00 bits per heavy atom. The summed E-state index contributed by atoms with van der Waals surface area (Å²) in [5.41, 5.74) is 0.708. The Bertz CT molecular complexity index is 731. The lowest BCUT2D eigenvalue weighted by atomic mass is 10.2. The van der Waals surface area contributed by atoms with Gasteiger partial charge < -0.3 is 14.8 Å². The van der Waals surface area contributed by atoms with Gasteiger partial charge >= 0.3 is 6.61 Å². The number of thioether (sulfide) groups is 2. The van der Waals surface area contributed by atoms with Gasteiger partial charge in [-0.05, 0) is 23.4 Å². The molecule has 0 bridgehead atoms. The Morgan fingerprint density at radius 1 is 1.27 bits per heavy atom. The molecule has 0 atom stereocenters. The van der Waals surface area contributed by atoms with Crippen LogP contribution in [0.4, 0.5) is 8.78 Å². The molecule has 2 rings (SSSR count). The maximum Gasteiger partial charge on any atom is 0.387 e. The molecule has 11 heteroatoms. The summed E-state index contributed by atoms with van der Waals surface area (Å²) in [4.78, 5) is 12.0. The van der Waals surface area contributed by atoms with E-state index in [1.165, 1.54) is 36.3 Å². The van der Waals surface area contributed by atoms with Crippen LogP contribution in [0.2, 0.25) is 0 Å². The molecule has 1 amide bonds. The molecule has 1 aromatic heterocycles. The third-order valence-electron chi connectivity index (χ3n) is 2.92. The van der Waals surface area contributed by atoms with Crippen molar-refractivity contribution in [2.45, 2.75) is 28.8 Å². The number of carbonyl (C=O) groups excluding carboxylic acids is 1. The van der Waals surface area contributed by atoms with E-state index in [2.05, 4.69) is 20.3 Å². The van der Waals surface area contributed by atoms with Gasteiger partial charge in [-0.2, -0.15) is 8.78 Å². The number of hydrogen-bond donors (Lipinski definition) is 1. The molecule has 0 aliphatic carbocycles. The van der Waals surface area contributed by atoms with Crippen LogP contribution < -0.4 is 14.8 Å². The van der Waals surface area contributed by atoms with Gasteiger partial charge in [-0.3, -0.25) is 4.79 Å². The molecule has 0 unspecified atom stereocenters. The minimum atomic E-state index is -2.93. The van der Waals surface area contributed by atoms with Gasteiger partial charge in [0.25, 0.3) is 0 Å². The maximum atomic E-state index is 12.3. The fraction of sp³-hybridized carbons (Fsp3) is 0.400. The van der Waals surface area contributed by atoms with Crippen LogP contribution in [0.25, 0.3) is 0 Å². The molecule has 0 saturated heterocycles. The van der Waals surface area contributed by atoms with E-state index in [0.29, 0.717) is 5.56 Å². The van der Waals surface area contributed by atoms with Crippen molar-refractivity contribution in [3.05, 3.63) is 23.8 Å². The highest BCUT2D eigenvalue weighted by Crippen LogP contribution is 2.30. The van der Waals surface area contributed by atoms with Crippen LogP contribution >= 0.6 is 34.9 Å². The number of benzene rings is 1. The molecule has 0 aliphatic heterocycles. The molecule has 6 nitrogen and oxygen atoms in total. The summed E-state index contributed by atoms with van der Waals surface area (Å²) >= 11 is 4.38. The predicted octanol–water partition coefficient (Wildman–Crippen LogP) is 3.67. The zero-order valence-electron chi connectivity index (χ0n) is 14.0. The third-order valence-corrected chi connectivity index (χ3v) is 5.99. The van der Waals surface area contributed by atoms with Crippen molar-refractivity contribution in [3.8, 4) is 11.5 Å². The van der Waals surface area contributed by atoms with E-state index in [1.807, 2.05) is 6.92 Å². The van der Waals surface area contributed by atoms with Gasteiger partial charge in [-0.15, -0.1) is 10.2 Å². The van der Waals surface area contributed by atoms with Crippen LogP contribution in [0.5, 0.6) is 11.5 Å². The van der Waals surface area contributed by atoms with Crippen molar-refractivity contribution in [1.29, 1.82) is 0 Å². The number of methoxy groups -OCH3 is 1. The van der Waals surface area contributed by atoms with Crippen molar-refractivity contribution in [2.24, 2.45) is 0 Å². The van der Waals surface area contributed by atoms with Crippen molar-refractivity contribution in [1.82, 2.24) is 15.5 Å². The Kier molecular flexibility index (Phi) is 8.39. The third kappa shape index (κ3) is 6.61. The van der Waals surface area contributed by atoms with Gasteiger partial charge in [0.15, 0.2) is 20.2 Å². The molecule has 26 heavy (non-hydrogen) atoms. The number of nitrogens with one attached hydrogen (secondary N) is 1. The fourth-order valence-corrected chi connectivity index (χ4v) is 4.58. The van der Waals surface area contributed by atoms with E-state index in [9.17, 15) is 13.6 Å². The highest BCUT2D eigenvalue weighted by Gasteiger charge is 2.12. The van der Waals surface area contributed by atoms with Gasteiger partial charge in [0.2, 0.25) is 5.91 Å². The Hall–Kier alpha value is -1.59. The minimum Gasteiger partial charge on any atom is -0.493 e. The monoisotopic (exact) mass is 421 g/mol. The summed E-state index contributed by atoms with van der Waals surface area (Å²) in [5.74, 6) is 1.10. The largest absolute Gasteiger partial charge is 0.493 e. The van der Waals surface area contributed by atoms with E-state index >= 15 is 0 Å². The van der Waals surface area contributed by atoms with Crippen LogP contribution in [0.3, 0.4) is 0 Å². The summed E-state index contributed by atoms with van der Waals surface area (Å²) < 4.78 is 35.6. The second-order valence-corrected chi connectivity index (χ2v) is 8.41. The molecular formula is C15H17F2N3O3S3. The number of aromatic nitrogens is 2. The van der Waals surface area contributed by atoms with E-state index in [-0.39, 0.29) is 29.7 Å². The number of nitrogens with zero attached hydrogens (tertiary/aromatic N) is 2. The van der Waals surface area contributed by atoms with Gasteiger partial charge in [0.05, 0.1) is 12.9 Å². The molecule has 1 aromatic carbocycles. The second kappa shape index (κ2) is 10.5. The Labute approximate surface area is 162 Å². The highest BCUT2D eigenvalue weighted by atomic mass is 32.2. The molecule has 0 fully saturated rings. The molecular weight excluding hydrogens is 404 g/mol. The van der Waals surface area contributed by atoms with E-state index in [4.69, 9.17) is 4.74 Å². The number of carbonyl (C=O) groups is 1. The van der Waals surface area contributed by atoms with Crippen LogP contribution in [0.1, 0.15) is 12.5 Å². The smallest absolute Gasteiger partial charge is 0.387 e. The lowest BCUT2D eigenvalue weighted by Crippen LogP contribution is -2.24. The number of hydrogen-bond acceptors (Lipinski definition) is 8. The lowest BCUT2D eigenvalue weighted by molar-refractivity contribution is -0.118. The first kappa shape index (κ1) is 20.7. The zero-order valence-corrected chi connectivity index (χ0v) is 16.5. The molecule has 142 valence electrons. The fourth-order valence-electron chi connectivity index (χ4n) is 1.83. The molecule has 0 radical (unpaired) electrons. The highest BCUT2D eigenvalue weighted by molar-refractivity contribution is 8.03. The van der Waals surface area contributed by atoms with Crippen molar-refractivity contribution >= 4 is 40.8 Å². The normalized spacial score (nSPS) is 10.8. The van der Waals surface area contributed by atoms with Crippen LogP contribution in [0.15, 0.2) is 26.9 Å². The summed E-state index contributed by atoms with van der Waals surface area (Å²) in [6.07, 6.45) is 0. The first-order valence-electron chi connectivity index (χ1n) is 7.49. The molecule has 0 aliphatic rings. The quantitative estimate of drug-likeness (QED) is 0.587. The number of rotatable bonds is 10. The summed E-state index contributed by atoms with van der Waals surface area (Å²) in [7, 11) is 1.36. The summed E-state index contributed by atoms with van der Waals surface area (Å²) in [5, 5.41) is 10.8. The molecule has 2 aromatic rings. The van der Waals surface area contributed by atoms with E-state index in [0.717, 1.165) is 14.4 Å². The lowest BCUT2D eigenvalue weighted by Gasteiger charge is -2.11. The van der Waals surface area contributed by atoms with Crippen molar-refractivity contribution in [3.63, 3.8) is 0 Å². The van der Waals surface area contributed by atoms with E-state index < -0.39 is 6.61 Å². The average molecular weight is 422 g/mol. The predicted molar refractivity (Wildman–Crippen MR) is 98.5 cm³/mol. The minimum absolute atomic E-state index is 0.0508. The first-order chi connectivity index (χ1) is 12.5. The van der Waals surface area contributed by atoms with Crippen molar-refractivity contribution < 1.29 is 23.0 Å². The Morgan fingerprint density at radius 3 is 2.65 bits per heavy atom. The number of ether oxygens (including phenoxy) is 2. The summed E-state index contributed by atoms with van der Waals surface area (Å²) in [6, 6.07) is 4.52. The SMILES string of the molecule is CCSc1nnc(SCC(=O)NCc2ccc(OC(F)F)c(OC)c2)s1. The van der Waals surface area contributed by atoms with Gasteiger partial charge in [-0.25, -0.2) is 0 Å². The van der Waals surface area contributed by atoms with Gasteiger partial charge in [0, 0.05) is 6.54 Å². The molecule has 1 N–H and O–H groups in total. The molecule has 0 spiro atoms. The first-order valence-corrected chi connectivity index (χ1v) is 10.3. The van der Waals surface area contributed by atoms with Crippen LogP contribution in [-0.2, 0) is 11.3 Å². The Balaban J connectivity index is 1.82. The van der Waals surface area contributed by atoms with Gasteiger partial charge in [0.1, 0.15) is 0 Å². The molecule has 0 saturated carbocycles. The second-order valence-electron chi connectivity index (χ2n) is 4.70. The number of halogens is 2. The standard InChI is InChI=1S/C15H17F2N3O3S3/c1-3-24-14-19-20-15(26-14)25-8-12(21)18-7-9-4-5-10(23-13(16)17)11(6-9)22-2/h4-6,13H,3,7-8H2,1-2H3,(H,18,21). The van der Waals surface area contributed by atoms with E-state index in [1.54, 1.807) is 23.9 Å². The molecule has 1 heterocycles. The maximum absolute atomic E-state index is 12.3. The van der Waals surface area contributed by atoms with Gasteiger partial charge in [-0.1, -0.05) is 47.9 Å².